The number of carbonyl (C=O) groups is 2. The number of hydrogen-bond acceptors (Lipinski definition) is 6. The van der Waals surface area contributed by atoms with Crippen LogP contribution < -0.4 is 15.5 Å². The van der Waals surface area contributed by atoms with Crippen LogP contribution in [-0.2, 0) is 9.59 Å². The lowest BCUT2D eigenvalue weighted by Crippen LogP contribution is -2.47. The minimum absolute atomic E-state index is 0.00677. The lowest BCUT2D eigenvalue weighted by atomic mass is 9.87. The Bertz CT molecular complexity index is 627. The van der Waals surface area contributed by atoms with Crippen LogP contribution in [-0.4, -0.2) is 72.5 Å². The third-order valence-electron chi connectivity index (χ3n) is 5.83. The van der Waals surface area contributed by atoms with E-state index in [1.54, 1.807) is 12.4 Å². The Balaban J connectivity index is 1.21. The molecule has 2 fully saturated rings. The minimum Gasteiger partial charge on any atom is -0.355 e. The number of piperazine rings is 1. The SMILES string of the molecule is O=C(CNC(=O)CC1CCCCC1)NCCCN1CCN(c2ncccn2)CC1. The fourth-order valence-electron chi connectivity index (χ4n) is 4.12. The number of carbonyl (C=O) groups excluding carboxylic acids is 2. The predicted molar refractivity (Wildman–Crippen MR) is 113 cm³/mol. The third kappa shape index (κ3) is 7.61. The standard InChI is InChI=1S/C21H34N6O2/c28-19(16-18-6-2-1-3-7-18)25-17-20(29)22-10-5-11-26-12-14-27(15-13-26)21-23-8-4-9-24-21/h4,8-9,18H,1-3,5-7,10-17H2,(H,22,29)(H,25,28). The van der Waals surface area contributed by atoms with Crippen molar-refractivity contribution in [1.82, 2.24) is 25.5 Å². The highest BCUT2D eigenvalue weighted by molar-refractivity contribution is 5.84. The molecular formula is C21H34N6O2. The summed E-state index contributed by atoms with van der Waals surface area (Å²) >= 11 is 0. The normalized spacial score (nSPS) is 18.4. The third-order valence-corrected chi connectivity index (χ3v) is 5.83. The van der Waals surface area contributed by atoms with Crippen molar-refractivity contribution in [1.29, 1.82) is 0 Å². The van der Waals surface area contributed by atoms with Crippen molar-refractivity contribution in [3.8, 4) is 0 Å². The van der Waals surface area contributed by atoms with Gasteiger partial charge in [-0.05, 0) is 37.8 Å². The maximum Gasteiger partial charge on any atom is 0.239 e. The Labute approximate surface area is 173 Å². The number of anilines is 1. The summed E-state index contributed by atoms with van der Waals surface area (Å²) in [7, 11) is 0. The summed E-state index contributed by atoms with van der Waals surface area (Å²) in [6.07, 6.45) is 11.1. The second kappa shape index (κ2) is 11.7. The number of nitrogens with one attached hydrogen (secondary N) is 2. The lowest BCUT2D eigenvalue weighted by Gasteiger charge is -2.34. The molecule has 8 nitrogen and oxygen atoms in total. The molecule has 3 rings (SSSR count). The van der Waals surface area contributed by atoms with E-state index in [1.807, 2.05) is 6.07 Å². The molecule has 0 aromatic carbocycles. The van der Waals surface area contributed by atoms with Crippen LogP contribution in [0.5, 0.6) is 0 Å². The van der Waals surface area contributed by atoms with Crippen molar-refractivity contribution in [3.05, 3.63) is 18.5 Å². The summed E-state index contributed by atoms with van der Waals surface area (Å²) in [5.41, 5.74) is 0. The van der Waals surface area contributed by atoms with Gasteiger partial charge in [-0.15, -0.1) is 0 Å². The van der Waals surface area contributed by atoms with Crippen molar-refractivity contribution >= 4 is 17.8 Å². The molecule has 0 bridgehead atoms. The van der Waals surface area contributed by atoms with Gasteiger partial charge in [-0.25, -0.2) is 9.97 Å². The molecule has 8 heteroatoms. The van der Waals surface area contributed by atoms with Gasteiger partial charge in [-0.1, -0.05) is 19.3 Å². The first-order valence-electron chi connectivity index (χ1n) is 11.0. The summed E-state index contributed by atoms with van der Waals surface area (Å²) < 4.78 is 0. The number of nitrogens with zero attached hydrogens (tertiary/aromatic N) is 4. The summed E-state index contributed by atoms with van der Waals surface area (Å²) in [4.78, 5) is 37.1. The maximum absolute atomic E-state index is 12.0. The smallest absolute Gasteiger partial charge is 0.239 e. The van der Waals surface area contributed by atoms with E-state index < -0.39 is 0 Å². The summed E-state index contributed by atoms with van der Waals surface area (Å²) in [6, 6.07) is 1.83. The van der Waals surface area contributed by atoms with E-state index in [0.29, 0.717) is 18.9 Å². The number of amides is 2. The van der Waals surface area contributed by atoms with Crippen molar-refractivity contribution in [2.45, 2.75) is 44.9 Å². The molecule has 0 spiro atoms. The molecule has 2 N–H and O–H groups in total. The van der Waals surface area contributed by atoms with Crippen LogP contribution >= 0.6 is 0 Å². The van der Waals surface area contributed by atoms with Crippen LogP contribution in [0.15, 0.2) is 18.5 Å². The average molecular weight is 403 g/mol. The van der Waals surface area contributed by atoms with Gasteiger partial charge in [0.25, 0.3) is 0 Å². The van der Waals surface area contributed by atoms with Gasteiger partial charge in [-0.3, -0.25) is 14.5 Å². The molecule has 29 heavy (non-hydrogen) atoms. The molecule has 0 atom stereocenters. The van der Waals surface area contributed by atoms with Crippen LogP contribution in [0, 0.1) is 5.92 Å². The molecule has 0 radical (unpaired) electrons. The zero-order valence-corrected chi connectivity index (χ0v) is 17.3. The molecule has 0 unspecified atom stereocenters. The highest BCUT2D eigenvalue weighted by Crippen LogP contribution is 2.25. The molecule has 1 aliphatic carbocycles. The topological polar surface area (TPSA) is 90.5 Å². The van der Waals surface area contributed by atoms with Gasteiger partial charge in [0.1, 0.15) is 0 Å². The summed E-state index contributed by atoms with van der Waals surface area (Å²) in [6.45, 7) is 5.47. The molecule has 2 heterocycles. The van der Waals surface area contributed by atoms with Crippen molar-refractivity contribution in [2.75, 3.05) is 50.7 Å². The molecule has 1 aromatic rings. The number of aromatic nitrogens is 2. The second-order valence-electron chi connectivity index (χ2n) is 8.07. The molecule has 2 aliphatic rings. The monoisotopic (exact) mass is 402 g/mol. The Morgan fingerprint density at radius 1 is 0.966 bits per heavy atom. The number of hydrogen-bond donors (Lipinski definition) is 2. The van der Waals surface area contributed by atoms with Crippen LogP contribution in [0.1, 0.15) is 44.9 Å². The quantitative estimate of drug-likeness (QED) is 0.603. The number of rotatable bonds is 9. The first-order chi connectivity index (χ1) is 14.2. The predicted octanol–water partition coefficient (Wildman–Crippen LogP) is 1.19. The van der Waals surface area contributed by atoms with E-state index in [0.717, 1.165) is 57.9 Å². The van der Waals surface area contributed by atoms with Crippen LogP contribution in [0.2, 0.25) is 0 Å². The Hall–Kier alpha value is -2.22. The van der Waals surface area contributed by atoms with Crippen molar-refractivity contribution < 1.29 is 9.59 Å². The van der Waals surface area contributed by atoms with E-state index in [1.165, 1.54) is 19.3 Å². The van der Waals surface area contributed by atoms with Crippen LogP contribution in [0.4, 0.5) is 5.95 Å². The van der Waals surface area contributed by atoms with E-state index in [-0.39, 0.29) is 18.4 Å². The fraction of sp³-hybridized carbons (Fsp3) is 0.714. The van der Waals surface area contributed by atoms with E-state index in [9.17, 15) is 9.59 Å². The first kappa shape index (κ1) is 21.5. The Morgan fingerprint density at radius 3 is 2.41 bits per heavy atom. The van der Waals surface area contributed by atoms with E-state index >= 15 is 0 Å². The van der Waals surface area contributed by atoms with E-state index in [4.69, 9.17) is 0 Å². The zero-order chi connectivity index (χ0) is 20.3. The van der Waals surface area contributed by atoms with Gasteiger partial charge in [0.15, 0.2) is 0 Å². The lowest BCUT2D eigenvalue weighted by molar-refractivity contribution is -0.126. The van der Waals surface area contributed by atoms with Gasteiger partial charge in [0.2, 0.25) is 17.8 Å². The highest BCUT2D eigenvalue weighted by atomic mass is 16.2. The summed E-state index contributed by atoms with van der Waals surface area (Å²) in [5.74, 6) is 1.20. The molecule has 1 aromatic heterocycles. The molecule has 1 aliphatic heterocycles. The fourth-order valence-corrected chi connectivity index (χ4v) is 4.12. The van der Waals surface area contributed by atoms with E-state index in [2.05, 4.69) is 30.4 Å². The Morgan fingerprint density at radius 2 is 1.69 bits per heavy atom. The average Bonchev–Trinajstić information content (AvgIpc) is 2.77. The zero-order valence-electron chi connectivity index (χ0n) is 17.3. The summed E-state index contributed by atoms with van der Waals surface area (Å²) in [5, 5.41) is 5.67. The van der Waals surface area contributed by atoms with Gasteiger partial charge >= 0.3 is 0 Å². The maximum atomic E-state index is 12.0. The molecule has 160 valence electrons. The van der Waals surface area contributed by atoms with Gasteiger partial charge in [0.05, 0.1) is 6.54 Å². The van der Waals surface area contributed by atoms with Gasteiger partial charge in [0, 0.05) is 51.5 Å². The van der Waals surface area contributed by atoms with Crippen LogP contribution in [0.25, 0.3) is 0 Å². The van der Waals surface area contributed by atoms with Crippen molar-refractivity contribution in [3.63, 3.8) is 0 Å². The first-order valence-corrected chi connectivity index (χ1v) is 11.0. The molecule has 1 saturated carbocycles. The Kier molecular flexibility index (Phi) is 8.67. The molecule has 2 amide bonds. The molecular weight excluding hydrogens is 368 g/mol. The highest BCUT2D eigenvalue weighted by Gasteiger charge is 2.19. The van der Waals surface area contributed by atoms with Crippen molar-refractivity contribution in [2.24, 2.45) is 5.92 Å². The van der Waals surface area contributed by atoms with Crippen LogP contribution in [0.3, 0.4) is 0 Å². The van der Waals surface area contributed by atoms with Gasteiger partial charge in [-0.2, -0.15) is 0 Å². The van der Waals surface area contributed by atoms with Gasteiger partial charge < -0.3 is 15.5 Å². The molecule has 1 saturated heterocycles. The minimum atomic E-state index is -0.104. The second-order valence-corrected chi connectivity index (χ2v) is 8.07. The largest absolute Gasteiger partial charge is 0.355 e.